The van der Waals surface area contributed by atoms with Crippen LogP contribution in [0.15, 0.2) is 22.7 Å². The van der Waals surface area contributed by atoms with Gasteiger partial charge in [0.2, 0.25) is 0 Å². The molecule has 0 bridgehead atoms. The van der Waals surface area contributed by atoms with E-state index in [1.165, 1.54) is 36.8 Å². The van der Waals surface area contributed by atoms with Crippen molar-refractivity contribution in [2.75, 3.05) is 6.61 Å². The summed E-state index contributed by atoms with van der Waals surface area (Å²) < 4.78 is 1.16. The largest absolute Gasteiger partial charge is 0.394 e. The second-order valence-corrected chi connectivity index (χ2v) is 7.07. The molecule has 1 atom stereocenters. The molecule has 0 amide bonds. The summed E-state index contributed by atoms with van der Waals surface area (Å²) in [5.41, 5.74) is 2.75. The summed E-state index contributed by atoms with van der Waals surface area (Å²) >= 11 is 3.54. The monoisotopic (exact) mass is 323 g/mol. The lowest BCUT2D eigenvalue weighted by Gasteiger charge is -2.40. The number of halogens is 1. The standard InChI is InChI=1S/C16H22BrNO/c17-14-6-5-13-10-16(11-19,8-7-12(13)9-14)18-15-3-1-2-4-15/h5-6,9,15,18-19H,1-4,7-8,10-11H2. The van der Waals surface area contributed by atoms with E-state index >= 15 is 0 Å². The minimum absolute atomic E-state index is 0.0875. The minimum atomic E-state index is -0.0875. The van der Waals surface area contributed by atoms with Crippen LogP contribution in [-0.4, -0.2) is 23.3 Å². The van der Waals surface area contributed by atoms with Gasteiger partial charge in [-0.25, -0.2) is 0 Å². The molecule has 2 N–H and O–H groups in total. The fraction of sp³-hybridized carbons (Fsp3) is 0.625. The molecule has 104 valence electrons. The van der Waals surface area contributed by atoms with Crippen LogP contribution in [-0.2, 0) is 12.8 Å². The molecule has 2 nitrogen and oxygen atoms in total. The summed E-state index contributed by atoms with van der Waals surface area (Å²) in [6, 6.07) is 7.16. The van der Waals surface area contributed by atoms with Gasteiger partial charge in [0.1, 0.15) is 0 Å². The molecular weight excluding hydrogens is 302 g/mol. The number of hydrogen-bond acceptors (Lipinski definition) is 2. The van der Waals surface area contributed by atoms with Gasteiger partial charge in [-0.2, -0.15) is 0 Å². The minimum Gasteiger partial charge on any atom is -0.394 e. The Morgan fingerprint density at radius 1 is 1.26 bits per heavy atom. The Morgan fingerprint density at radius 3 is 2.79 bits per heavy atom. The summed E-state index contributed by atoms with van der Waals surface area (Å²) in [5, 5.41) is 13.7. The predicted molar refractivity (Wildman–Crippen MR) is 81.4 cm³/mol. The Bertz CT molecular complexity index is 456. The van der Waals surface area contributed by atoms with Gasteiger partial charge in [-0.1, -0.05) is 34.8 Å². The van der Waals surface area contributed by atoms with Gasteiger partial charge in [0.15, 0.2) is 0 Å². The molecule has 0 heterocycles. The van der Waals surface area contributed by atoms with Crippen LogP contribution in [0.1, 0.15) is 43.2 Å². The summed E-state index contributed by atoms with van der Waals surface area (Å²) in [4.78, 5) is 0. The van der Waals surface area contributed by atoms with Crippen molar-refractivity contribution < 1.29 is 5.11 Å². The van der Waals surface area contributed by atoms with E-state index < -0.39 is 0 Å². The van der Waals surface area contributed by atoms with Gasteiger partial charge in [0.25, 0.3) is 0 Å². The quantitative estimate of drug-likeness (QED) is 0.895. The second-order valence-electron chi connectivity index (χ2n) is 6.15. The zero-order chi connectivity index (χ0) is 13.3. The van der Waals surface area contributed by atoms with Gasteiger partial charge in [0, 0.05) is 16.1 Å². The molecule has 3 heteroatoms. The highest BCUT2D eigenvalue weighted by molar-refractivity contribution is 9.10. The average molecular weight is 324 g/mol. The van der Waals surface area contributed by atoms with Crippen molar-refractivity contribution in [2.24, 2.45) is 0 Å². The molecular formula is C16H22BrNO. The van der Waals surface area contributed by atoms with Crippen LogP contribution in [0.3, 0.4) is 0 Å². The zero-order valence-corrected chi connectivity index (χ0v) is 12.9. The fourth-order valence-corrected chi connectivity index (χ4v) is 4.04. The lowest BCUT2D eigenvalue weighted by molar-refractivity contribution is 0.132. The van der Waals surface area contributed by atoms with Crippen LogP contribution >= 0.6 is 15.9 Å². The molecule has 1 aromatic rings. The average Bonchev–Trinajstić information content (AvgIpc) is 2.92. The van der Waals surface area contributed by atoms with E-state index in [0.717, 1.165) is 23.7 Å². The SMILES string of the molecule is OCC1(NC2CCCC2)CCc2cc(Br)ccc2C1. The summed E-state index contributed by atoms with van der Waals surface area (Å²) in [6.45, 7) is 0.249. The molecule has 0 radical (unpaired) electrons. The zero-order valence-electron chi connectivity index (χ0n) is 11.3. The van der Waals surface area contributed by atoms with Crippen molar-refractivity contribution in [1.29, 1.82) is 0 Å². The topological polar surface area (TPSA) is 32.3 Å². The van der Waals surface area contributed by atoms with Crippen LogP contribution in [0.25, 0.3) is 0 Å². The smallest absolute Gasteiger partial charge is 0.0616 e. The number of fused-ring (bicyclic) bond motifs is 1. The number of aliphatic hydroxyl groups is 1. The summed E-state index contributed by atoms with van der Waals surface area (Å²) in [6.07, 6.45) is 8.29. The van der Waals surface area contributed by atoms with Crippen molar-refractivity contribution in [1.82, 2.24) is 5.32 Å². The number of benzene rings is 1. The Morgan fingerprint density at radius 2 is 2.05 bits per heavy atom. The van der Waals surface area contributed by atoms with Crippen LogP contribution < -0.4 is 5.32 Å². The molecule has 1 unspecified atom stereocenters. The van der Waals surface area contributed by atoms with E-state index in [9.17, 15) is 5.11 Å². The molecule has 2 aliphatic rings. The fourth-order valence-electron chi connectivity index (χ4n) is 3.63. The summed E-state index contributed by atoms with van der Waals surface area (Å²) in [5.74, 6) is 0. The molecule has 3 rings (SSSR count). The molecule has 1 saturated carbocycles. The van der Waals surface area contributed by atoms with Crippen molar-refractivity contribution >= 4 is 15.9 Å². The first-order chi connectivity index (χ1) is 9.21. The second kappa shape index (κ2) is 5.55. The Labute approximate surface area is 123 Å². The first kappa shape index (κ1) is 13.6. The van der Waals surface area contributed by atoms with E-state index in [2.05, 4.69) is 39.4 Å². The number of aliphatic hydroxyl groups excluding tert-OH is 1. The van der Waals surface area contributed by atoms with Crippen molar-refractivity contribution in [2.45, 2.75) is 56.5 Å². The van der Waals surface area contributed by atoms with E-state index in [-0.39, 0.29) is 12.1 Å². The van der Waals surface area contributed by atoms with E-state index in [4.69, 9.17) is 0 Å². The lowest BCUT2D eigenvalue weighted by Crippen LogP contribution is -2.55. The van der Waals surface area contributed by atoms with E-state index in [1.54, 1.807) is 0 Å². The highest BCUT2D eigenvalue weighted by Gasteiger charge is 2.36. The number of hydrogen-bond donors (Lipinski definition) is 2. The third-order valence-electron chi connectivity index (χ3n) is 4.74. The Balaban J connectivity index is 1.78. The third kappa shape index (κ3) is 2.88. The molecule has 0 spiro atoms. The Kier molecular flexibility index (Phi) is 3.97. The number of nitrogens with one attached hydrogen (secondary N) is 1. The van der Waals surface area contributed by atoms with Gasteiger partial charge >= 0.3 is 0 Å². The van der Waals surface area contributed by atoms with Gasteiger partial charge in [-0.05, 0) is 55.4 Å². The van der Waals surface area contributed by atoms with Crippen LogP contribution in [0.5, 0.6) is 0 Å². The molecule has 0 aliphatic heterocycles. The third-order valence-corrected chi connectivity index (χ3v) is 5.23. The number of rotatable bonds is 3. The lowest BCUT2D eigenvalue weighted by atomic mass is 9.78. The molecule has 1 fully saturated rings. The highest BCUT2D eigenvalue weighted by Crippen LogP contribution is 2.32. The number of aryl methyl sites for hydroxylation is 1. The summed E-state index contributed by atoms with van der Waals surface area (Å²) in [7, 11) is 0. The van der Waals surface area contributed by atoms with E-state index in [0.29, 0.717) is 6.04 Å². The molecule has 1 aromatic carbocycles. The van der Waals surface area contributed by atoms with E-state index in [1.807, 2.05) is 0 Å². The molecule has 0 saturated heterocycles. The van der Waals surface area contributed by atoms with Crippen LogP contribution in [0.4, 0.5) is 0 Å². The van der Waals surface area contributed by atoms with Gasteiger partial charge < -0.3 is 10.4 Å². The van der Waals surface area contributed by atoms with Crippen LogP contribution in [0.2, 0.25) is 0 Å². The predicted octanol–water partition coefficient (Wildman–Crippen LogP) is 3.20. The highest BCUT2D eigenvalue weighted by atomic mass is 79.9. The first-order valence-electron chi connectivity index (χ1n) is 7.37. The maximum atomic E-state index is 9.91. The van der Waals surface area contributed by atoms with Crippen molar-refractivity contribution in [3.63, 3.8) is 0 Å². The molecule has 2 aliphatic carbocycles. The first-order valence-corrected chi connectivity index (χ1v) is 8.16. The van der Waals surface area contributed by atoms with Gasteiger partial charge in [0.05, 0.1) is 6.61 Å². The van der Waals surface area contributed by atoms with Crippen LogP contribution in [0, 0.1) is 0 Å². The normalized spacial score (nSPS) is 27.5. The molecule has 19 heavy (non-hydrogen) atoms. The van der Waals surface area contributed by atoms with Crippen molar-refractivity contribution in [3.8, 4) is 0 Å². The molecule has 0 aromatic heterocycles. The maximum Gasteiger partial charge on any atom is 0.0616 e. The van der Waals surface area contributed by atoms with Gasteiger partial charge in [-0.15, -0.1) is 0 Å². The van der Waals surface area contributed by atoms with Crippen molar-refractivity contribution in [3.05, 3.63) is 33.8 Å². The van der Waals surface area contributed by atoms with Gasteiger partial charge in [-0.3, -0.25) is 0 Å². The Hall–Kier alpha value is -0.380. The maximum absolute atomic E-state index is 9.91.